The normalized spacial score (nSPS) is 24.5. The Labute approximate surface area is 124 Å². The van der Waals surface area contributed by atoms with Gasteiger partial charge in [0.2, 0.25) is 10.0 Å². The van der Waals surface area contributed by atoms with Crippen LogP contribution in [0.25, 0.3) is 11.0 Å². The largest absolute Gasteiger partial charge is 0.345 e. The van der Waals surface area contributed by atoms with Crippen molar-refractivity contribution in [3.8, 4) is 0 Å². The van der Waals surface area contributed by atoms with E-state index >= 15 is 0 Å². The summed E-state index contributed by atoms with van der Waals surface area (Å²) < 4.78 is 27.4. The number of nitrogens with one attached hydrogen (secondary N) is 1. The standard InChI is InChI=1S/C15H19N3O2S/c19-21(20,14-9-17-15-13(14)5-2-7-16-15)18-8-6-12(10-18)11-3-1-4-11/h2,5,7,9,11-12H,1,3-4,6,8,10H2,(H,16,17). The van der Waals surface area contributed by atoms with Gasteiger partial charge in [0.25, 0.3) is 0 Å². The molecule has 2 aliphatic rings. The van der Waals surface area contributed by atoms with E-state index in [9.17, 15) is 8.42 Å². The van der Waals surface area contributed by atoms with E-state index in [1.54, 1.807) is 22.8 Å². The first-order chi connectivity index (χ1) is 10.2. The van der Waals surface area contributed by atoms with Crippen LogP contribution in [0.2, 0.25) is 0 Å². The molecule has 1 aliphatic carbocycles. The van der Waals surface area contributed by atoms with E-state index < -0.39 is 10.0 Å². The third-order valence-corrected chi connectivity index (χ3v) is 6.94. The van der Waals surface area contributed by atoms with Crippen LogP contribution in [0.5, 0.6) is 0 Å². The Morgan fingerprint density at radius 1 is 1.24 bits per heavy atom. The number of sulfonamides is 1. The minimum atomic E-state index is -3.41. The fraction of sp³-hybridized carbons (Fsp3) is 0.533. The maximum atomic E-state index is 12.9. The highest BCUT2D eigenvalue weighted by atomic mass is 32.2. The molecule has 1 saturated carbocycles. The molecule has 1 N–H and O–H groups in total. The number of rotatable bonds is 3. The first kappa shape index (κ1) is 13.3. The molecule has 4 rings (SSSR count). The maximum absolute atomic E-state index is 12.9. The van der Waals surface area contributed by atoms with Crippen molar-refractivity contribution in [2.45, 2.75) is 30.6 Å². The summed E-state index contributed by atoms with van der Waals surface area (Å²) in [5.41, 5.74) is 0.630. The molecule has 5 nitrogen and oxygen atoms in total. The van der Waals surface area contributed by atoms with E-state index in [4.69, 9.17) is 0 Å². The lowest BCUT2D eigenvalue weighted by Gasteiger charge is -2.31. The van der Waals surface area contributed by atoms with Crippen LogP contribution >= 0.6 is 0 Å². The Hall–Kier alpha value is -1.40. The average molecular weight is 305 g/mol. The van der Waals surface area contributed by atoms with E-state index in [0.29, 0.717) is 34.9 Å². The molecule has 21 heavy (non-hydrogen) atoms. The number of aromatic nitrogens is 2. The van der Waals surface area contributed by atoms with Crippen LogP contribution in [0.15, 0.2) is 29.4 Å². The lowest BCUT2D eigenvalue weighted by Crippen LogP contribution is -2.31. The number of hydrogen-bond donors (Lipinski definition) is 1. The second-order valence-corrected chi connectivity index (χ2v) is 8.06. The molecule has 1 aliphatic heterocycles. The van der Waals surface area contributed by atoms with Gasteiger partial charge in [-0.1, -0.05) is 19.3 Å². The van der Waals surface area contributed by atoms with Crippen molar-refractivity contribution >= 4 is 21.1 Å². The van der Waals surface area contributed by atoms with E-state index in [2.05, 4.69) is 9.97 Å². The van der Waals surface area contributed by atoms with Gasteiger partial charge < -0.3 is 4.98 Å². The fourth-order valence-electron chi connectivity index (χ4n) is 3.55. The predicted octanol–water partition coefficient (Wildman–Crippen LogP) is 2.37. The molecule has 1 atom stereocenters. The molecule has 2 fully saturated rings. The van der Waals surface area contributed by atoms with Gasteiger partial charge in [0.1, 0.15) is 10.5 Å². The molecular formula is C15H19N3O2S. The number of nitrogens with zero attached hydrogens (tertiary/aromatic N) is 2. The van der Waals surface area contributed by atoms with E-state index in [1.165, 1.54) is 19.3 Å². The Morgan fingerprint density at radius 3 is 2.86 bits per heavy atom. The van der Waals surface area contributed by atoms with Gasteiger partial charge in [-0.15, -0.1) is 0 Å². The van der Waals surface area contributed by atoms with Crippen LogP contribution in [-0.2, 0) is 10.0 Å². The van der Waals surface area contributed by atoms with Gasteiger partial charge in [-0.05, 0) is 30.4 Å². The predicted molar refractivity (Wildman–Crippen MR) is 80.3 cm³/mol. The monoisotopic (exact) mass is 305 g/mol. The highest BCUT2D eigenvalue weighted by molar-refractivity contribution is 7.89. The van der Waals surface area contributed by atoms with Crippen molar-refractivity contribution in [1.29, 1.82) is 0 Å². The Kier molecular flexibility index (Phi) is 3.04. The number of aromatic amines is 1. The van der Waals surface area contributed by atoms with Crippen LogP contribution in [-0.4, -0.2) is 35.8 Å². The molecule has 6 heteroatoms. The quantitative estimate of drug-likeness (QED) is 0.946. The third-order valence-electron chi connectivity index (χ3n) is 5.03. The molecule has 2 aromatic rings. The lowest BCUT2D eigenvalue weighted by atomic mass is 9.75. The number of hydrogen-bond acceptors (Lipinski definition) is 3. The minimum absolute atomic E-state index is 0.361. The van der Waals surface area contributed by atoms with Crippen molar-refractivity contribution in [2.24, 2.45) is 11.8 Å². The van der Waals surface area contributed by atoms with Crippen molar-refractivity contribution in [2.75, 3.05) is 13.1 Å². The average Bonchev–Trinajstić information content (AvgIpc) is 3.03. The fourth-order valence-corrected chi connectivity index (χ4v) is 5.21. The lowest BCUT2D eigenvalue weighted by molar-refractivity contribution is 0.214. The van der Waals surface area contributed by atoms with Crippen molar-refractivity contribution in [3.05, 3.63) is 24.5 Å². The molecule has 1 saturated heterocycles. The van der Waals surface area contributed by atoms with Gasteiger partial charge in [0, 0.05) is 30.9 Å². The topological polar surface area (TPSA) is 66.1 Å². The minimum Gasteiger partial charge on any atom is -0.345 e. The van der Waals surface area contributed by atoms with Crippen molar-refractivity contribution < 1.29 is 8.42 Å². The second-order valence-electron chi connectivity index (χ2n) is 6.16. The van der Waals surface area contributed by atoms with E-state index in [-0.39, 0.29) is 0 Å². The zero-order chi connectivity index (χ0) is 14.4. The van der Waals surface area contributed by atoms with Crippen LogP contribution < -0.4 is 0 Å². The molecule has 0 bridgehead atoms. The van der Waals surface area contributed by atoms with Crippen LogP contribution in [0.3, 0.4) is 0 Å². The molecular weight excluding hydrogens is 286 g/mol. The Bertz CT molecular complexity index is 764. The highest BCUT2D eigenvalue weighted by Crippen LogP contribution is 2.39. The second kappa shape index (κ2) is 4.81. The van der Waals surface area contributed by atoms with Gasteiger partial charge >= 0.3 is 0 Å². The summed E-state index contributed by atoms with van der Waals surface area (Å²) in [4.78, 5) is 7.49. The summed E-state index contributed by atoms with van der Waals surface area (Å²) in [6.07, 6.45) is 8.10. The van der Waals surface area contributed by atoms with Gasteiger partial charge in [0.05, 0.1) is 0 Å². The molecule has 0 amide bonds. The summed E-state index contributed by atoms with van der Waals surface area (Å²) in [7, 11) is -3.41. The summed E-state index contributed by atoms with van der Waals surface area (Å²) in [6, 6.07) is 3.58. The SMILES string of the molecule is O=S(=O)(c1c[nH]c2ncccc12)N1CCC(C2CCC2)C1. The summed E-state index contributed by atoms with van der Waals surface area (Å²) in [6.45, 7) is 1.33. The summed E-state index contributed by atoms with van der Waals surface area (Å²) >= 11 is 0. The number of fused-ring (bicyclic) bond motifs is 1. The van der Waals surface area contributed by atoms with Crippen molar-refractivity contribution in [1.82, 2.24) is 14.3 Å². The third kappa shape index (κ3) is 2.08. The Balaban J connectivity index is 1.64. The molecule has 0 radical (unpaired) electrons. The van der Waals surface area contributed by atoms with Crippen molar-refractivity contribution in [3.63, 3.8) is 0 Å². The van der Waals surface area contributed by atoms with Gasteiger partial charge in [-0.2, -0.15) is 4.31 Å². The number of H-pyrrole nitrogens is 1. The summed E-state index contributed by atoms with van der Waals surface area (Å²) in [5, 5.41) is 0.685. The molecule has 0 spiro atoms. The van der Waals surface area contributed by atoms with Crippen LogP contribution in [0.4, 0.5) is 0 Å². The first-order valence-electron chi connectivity index (χ1n) is 7.58. The first-order valence-corrected chi connectivity index (χ1v) is 9.02. The van der Waals surface area contributed by atoms with Gasteiger partial charge in [-0.25, -0.2) is 13.4 Å². The molecule has 3 heterocycles. The van der Waals surface area contributed by atoms with Crippen LogP contribution in [0, 0.1) is 11.8 Å². The number of pyridine rings is 1. The zero-order valence-corrected chi connectivity index (χ0v) is 12.6. The Morgan fingerprint density at radius 2 is 2.10 bits per heavy atom. The molecule has 112 valence electrons. The van der Waals surface area contributed by atoms with E-state index in [1.807, 2.05) is 6.07 Å². The molecule has 0 aromatic carbocycles. The molecule has 1 unspecified atom stereocenters. The zero-order valence-electron chi connectivity index (χ0n) is 11.8. The van der Waals surface area contributed by atoms with Crippen LogP contribution in [0.1, 0.15) is 25.7 Å². The highest BCUT2D eigenvalue weighted by Gasteiger charge is 2.38. The smallest absolute Gasteiger partial charge is 0.245 e. The van der Waals surface area contributed by atoms with Gasteiger partial charge in [0.15, 0.2) is 0 Å². The summed E-state index contributed by atoms with van der Waals surface area (Å²) in [5.74, 6) is 1.30. The maximum Gasteiger partial charge on any atom is 0.245 e. The van der Waals surface area contributed by atoms with E-state index in [0.717, 1.165) is 12.3 Å². The van der Waals surface area contributed by atoms with Gasteiger partial charge in [-0.3, -0.25) is 0 Å². The molecule has 2 aromatic heterocycles.